The molecule has 6 nitrogen and oxygen atoms in total. The normalized spacial score (nSPS) is 12.4. The number of nitrogens with zero attached hydrogens (tertiary/aromatic N) is 1. The Morgan fingerprint density at radius 1 is 1.10 bits per heavy atom. The minimum Gasteiger partial charge on any atom is -0.491 e. The highest BCUT2D eigenvalue weighted by Crippen LogP contribution is 2.12. The number of hydrogen-bond acceptors (Lipinski definition) is 5. The number of amidine groups is 1. The first kappa shape index (κ1) is 17.3. The molecule has 0 bridgehead atoms. The van der Waals surface area contributed by atoms with Crippen molar-refractivity contribution in [3.63, 3.8) is 0 Å². The van der Waals surface area contributed by atoms with Gasteiger partial charge in [-0.1, -0.05) is 5.16 Å². The Bertz CT molecular complexity index is 438. The molecule has 0 aromatic heterocycles. The number of ether oxygens (including phenoxy) is 3. The lowest BCUT2D eigenvalue weighted by Gasteiger charge is -2.19. The zero-order valence-corrected chi connectivity index (χ0v) is 12.8. The Hall–Kier alpha value is -1.79. The van der Waals surface area contributed by atoms with Crippen LogP contribution in [0.1, 0.15) is 26.3 Å². The van der Waals surface area contributed by atoms with E-state index < -0.39 is 0 Å². The van der Waals surface area contributed by atoms with Crippen LogP contribution in [-0.4, -0.2) is 43.1 Å². The maximum atomic E-state index is 8.56. The summed E-state index contributed by atoms with van der Waals surface area (Å²) in [5.41, 5.74) is 5.97. The Morgan fingerprint density at radius 3 is 2.29 bits per heavy atom. The van der Waals surface area contributed by atoms with Gasteiger partial charge in [0.05, 0.1) is 25.4 Å². The van der Waals surface area contributed by atoms with Gasteiger partial charge in [0, 0.05) is 5.56 Å². The molecule has 1 rings (SSSR count). The molecule has 0 aliphatic heterocycles. The molecule has 1 aromatic rings. The van der Waals surface area contributed by atoms with E-state index in [0.29, 0.717) is 37.7 Å². The van der Waals surface area contributed by atoms with E-state index in [2.05, 4.69) is 5.16 Å². The second-order valence-electron chi connectivity index (χ2n) is 5.43. The third-order valence-corrected chi connectivity index (χ3v) is 2.52. The second kappa shape index (κ2) is 8.49. The summed E-state index contributed by atoms with van der Waals surface area (Å²) in [5, 5.41) is 11.5. The molecule has 3 N–H and O–H groups in total. The number of rotatable bonds is 8. The van der Waals surface area contributed by atoms with Crippen molar-refractivity contribution in [2.45, 2.75) is 26.4 Å². The maximum absolute atomic E-state index is 8.56. The molecule has 1 aromatic carbocycles. The molecule has 21 heavy (non-hydrogen) atoms. The van der Waals surface area contributed by atoms with Gasteiger partial charge in [-0.15, -0.1) is 0 Å². The van der Waals surface area contributed by atoms with E-state index in [1.807, 2.05) is 20.8 Å². The molecule has 118 valence electrons. The van der Waals surface area contributed by atoms with Crippen molar-refractivity contribution in [1.82, 2.24) is 0 Å². The molecule has 0 aliphatic carbocycles. The molecule has 0 unspecified atom stereocenters. The van der Waals surface area contributed by atoms with Crippen molar-refractivity contribution >= 4 is 5.84 Å². The molecule has 0 saturated heterocycles. The molecule has 0 fully saturated rings. The molecule has 0 atom stereocenters. The predicted octanol–water partition coefficient (Wildman–Crippen LogP) is 1.99. The summed E-state index contributed by atoms with van der Waals surface area (Å²) < 4.78 is 16.5. The zero-order chi connectivity index (χ0) is 15.7. The van der Waals surface area contributed by atoms with Crippen LogP contribution in [0.15, 0.2) is 29.4 Å². The van der Waals surface area contributed by atoms with Gasteiger partial charge in [0.25, 0.3) is 0 Å². The summed E-state index contributed by atoms with van der Waals surface area (Å²) in [6.07, 6.45) is 0. The van der Waals surface area contributed by atoms with Gasteiger partial charge in [0.1, 0.15) is 12.4 Å². The Morgan fingerprint density at radius 2 is 1.71 bits per heavy atom. The van der Waals surface area contributed by atoms with Crippen LogP contribution in [0.5, 0.6) is 5.75 Å². The van der Waals surface area contributed by atoms with Crippen molar-refractivity contribution in [3.05, 3.63) is 29.8 Å². The van der Waals surface area contributed by atoms with Gasteiger partial charge < -0.3 is 25.2 Å². The minimum atomic E-state index is -0.138. The molecule has 0 radical (unpaired) electrons. The monoisotopic (exact) mass is 296 g/mol. The van der Waals surface area contributed by atoms with Gasteiger partial charge in [-0.25, -0.2) is 0 Å². The van der Waals surface area contributed by atoms with Crippen LogP contribution in [-0.2, 0) is 9.47 Å². The number of nitrogens with two attached hydrogens (primary N) is 1. The first-order valence-corrected chi connectivity index (χ1v) is 6.85. The minimum absolute atomic E-state index is 0.0729. The molecule has 0 aliphatic rings. The van der Waals surface area contributed by atoms with Gasteiger partial charge in [0.2, 0.25) is 0 Å². The van der Waals surface area contributed by atoms with E-state index in [1.165, 1.54) is 0 Å². The highest BCUT2D eigenvalue weighted by atomic mass is 16.5. The zero-order valence-electron chi connectivity index (χ0n) is 12.8. The van der Waals surface area contributed by atoms with Crippen LogP contribution in [0.2, 0.25) is 0 Å². The van der Waals surface area contributed by atoms with E-state index in [4.69, 9.17) is 25.2 Å². The summed E-state index contributed by atoms with van der Waals surface area (Å²) in [6.45, 7) is 8.09. The SMILES string of the molecule is CC(C)(C)OCCOCCOc1ccc(/C(N)=N/O)cc1. The van der Waals surface area contributed by atoms with Crippen LogP contribution in [0.4, 0.5) is 0 Å². The quantitative estimate of drug-likeness (QED) is 0.252. The molecule has 0 amide bonds. The molecular formula is C15H24N2O4. The summed E-state index contributed by atoms with van der Waals surface area (Å²) in [6, 6.07) is 6.97. The third-order valence-electron chi connectivity index (χ3n) is 2.52. The maximum Gasteiger partial charge on any atom is 0.170 e. The topological polar surface area (TPSA) is 86.3 Å². The van der Waals surface area contributed by atoms with Crippen LogP contribution in [0, 0.1) is 0 Å². The van der Waals surface area contributed by atoms with Crippen LogP contribution >= 0.6 is 0 Å². The Labute approximate surface area is 125 Å². The average Bonchev–Trinajstić information content (AvgIpc) is 2.45. The first-order valence-electron chi connectivity index (χ1n) is 6.85. The predicted molar refractivity (Wildman–Crippen MR) is 81.0 cm³/mol. The Kier molecular flexibility index (Phi) is 6.98. The first-order chi connectivity index (χ1) is 9.92. The highest BCUT2D eigenvalue weighted by Gasteiger charge is 2.08. The van der Waals surface area contributed by atoms with Crippen molar-refractivity contribution in [2.24, 2.45) is 10.9 Å². The standard InChI is InChI=1S/C15H24N2O4/c1-15(2,3)21-11-9-19-8-10-20-13-6-4-12(5-7-13)14(16)17-18/h4-7,18H,8-11H2,1-3H3,(H2,16,17). The molecule has 0 spiro atoms. The fourth-order valence-electron chi connectivity index (χ4n) is 1.51. The lowest BCUT2D eigenvalue weighted by Crippen LogP contribution is -2.22. The van der Waals surface area contributed by atoms with E-state index in [9.17, 15) is 0 Å². The molecule has 0 saturated carbocycles. The Balaban J connectivity index is 2.16. The molecule has 6 heteroatoms. The van der Waals surface area contributed by atoms with Crippen LogP contribution in [0.3, 0.4) is 0 Å². The van der Waals surface area contributed by atoms with Gasteiger partial charge in [-0.2, -0.15) is 0 Å². The molecule has 0 heterocycles. The van der Waals surface area contributed by atoms with Crippen molar-refractivity contribution in [3.8, 4) is 5.75 Å². The average molecular weight is 296 g/mol. The van der Waals surface area contributed by atoms with Crippen LogP contribution in [0.25, 0.3) is 0 Å². The lowest BCUT2D eigenvalue weighted by atomic mass is 10.2. The summed E-state index contributed by atoms with van der Waals surface area (Å²) in [7, 11) is 0. The molecular weight excluding hydrogens is 272 g/mol. The smallest absolute Gasteiger partial charge is 0.170 e. The van der Waals surface area contributed by atoms with E-state index in [-0.39, 0.29) is 11.4 Å². The fraction of sp³-hybridized carbons (Fsp3) is 0.533. The number of oxime groups is 1. The van der Waals surface area contributed by atoms with Gasteiger partial charge in [-0.3, -0.25) is 0 Å². The van der Waals surface area contributed by atoms with E-state index in [0.717, 1.165) is 0 Å². The van der Waals surface area contributed by atoms with Crippen molar-refractivity contribution in [1.29, 1.82) is 0 Å². The van der Waals surface area contributed by atoms with Gasteiger partial charge in [-0.05, 0) is 45.0 Å². The van der Waals surface area contributed by atoms with Gasteiger partial charge >= 0.3 is 0 Å². The summed E-state index contributed by atoms with van der Waals surface area (Å²) in [5.74, 6) is 0.780. The fourth-order valence-corrected chi connectivity index (χ4v) is 1.51. The highest BCUT2D eigenvalue weighted by molar-refractivity contribution is 5.97. The second-order valence-corrected chi connectivity index (χ2v) is 5.43. The largest absolute Gasteiger partial charge is 0.491 e. The van der Waals surface area contributed by atoms with Crippen molar-refractivity contribution in [2.75, 3.05) is 26.4 Å². The van der Waals surface area contributed by atoms with Crippen LogP contribution < -0.4 is 10.5 Å². The number of hydrogen-bond donors (Lipinski definition) is 2. The lowest BCUT2D eigenvalue weighted by molar-refractivity contribution is -0.0375. The number of benzene rings is 1. The van der Waals surface area contributed by atoms with Crippen molar-refractivity contribution < 1.29 is 19.4 Å². The third kappa shape index (κ3) is 7.53. The summed E-state index contributed by atoms with van der Waals surface area (Å²) >= 11 is 0. The van der Waals surface area contributed by atoms with Gasteiger partial charge in [0.15, 0.2) is 5.84 Å². The van der Waals surface area contributed by atoms with E-state index >= 15 is 0 Å². The summed E-state index contributed by atoms with van der Waals surface area (Å²) in [4.78, 5) is 0. The van der Waals surface area contributed by atoms with E-state index in [1.54, 1.807) is 24.3 Å².